The van der Waals surface area contributed by atoms with Crippen molar-refractivity contribution in [1.82, 2.24) is 0 Å². The summed E-state index contributed by atoms with van der Waals surface area (Å²) in [6, 6.07) is 11.5. The van der Waals surface area contributed by atoms with Crippen LogP contribution in [0.1, 0.15) is 5.56 Å². The van der Waals surface area contributed by atoms with E-state index in [9.17, 15) is 12.8 Å². The summed E-state index contributed by atoms with van der Waals surface area (Å²) in [6.45, 7) is 0.345. The van der Waals surface area contributed by atoms with Gasteiger partial charge < -0.3 is 5.73 Å². The van der Waals surface area contributed by atoms with E-state index < -0.39 is 15.8 Å². The molecule has 2 aromatic carbocycles. The van der Waals surface area contributed by atoms with E-state index in [4.69, 9.17) is 5.73 Å². The molecule has 0 atom stereocenters. The van der Waals surface area contributed by atoms with Crippen molar-refractivity contribution >= 4 is 15.7 Å². The van der Waals surface area contributed by atoms with Gasteiger partial charge in [0.1, 0.15) is 5.82 Å². The van der Waals surface area contributed by atoms with Crippen LogP contribution in [0.15, 0.2) is 53.4 Å². The second-order valence-electron chi connectivity index (χ2n) is 3.96. The molecule has 0 heterocycles. The topological polar surface area (TPSA) is 72.2 Å². The Morgan fingerprint density at radius 3 is 2.37 bits per heavy atom. The van der Waals surface area contributed by atoms with Crippen molar-refractivity contribution in [2.24, 2.45) is 5.73 Å². The molecule has 0 aliphatic carbocycles. The second kappa shape index (κ2) is 5.38. The highest BCUT2D eigenvalue weighted by Crippen LogP contribution is 2.17. The molecular formula is C13H13FN2O2S. The van der Waals surface area contributed by atoms with Crippen LogP contribution >= 0.6 is 0 Å². The summed E-state index contributed by atoms with van der Waals surface area (Å²) in [5, 5.41) is 0. The highest BCUT2D eigenvalue weighted by atomic mass is 32.2. The molecular weight excluding hydrogens is 267 g/mol. The van der Waals surface area contributed by atoms with Crippen LogP contribution in [0.2, 0.25) is 0 Å². The fourth-order valence-electron chi connectivity index (χ4n) is 1.57. The van der Waals surface area contributed by atoms with E-state index in [0.717, 1.165) is 11.6 Å². The number of benzene rings is 2. The molecule has 0 unspecified atom stereocenters. The van der Waals surface area contributed by atoms with Gasteiger partial charge in [-0.05, 0) is 35.9 Å². The Balaban J connectivity index is 2.27. The molecule has 3 N–H and O–H groups in total. The lowest BCUT2D eigenvalue weighted by molar-refractivity contribution is 0.601. The minimum absolute atomic E-state index is 0.106. The number of sulfonamides is 1. The first-order chi connectivity index (χ1) is 9.01. The Kier molecular flexibility index (Phi) is 3.82. The average Bonchev–Trinajstić information content (AvgIpc) is 2.38. The zero-order valence-corrected chi connectivity index (χ0v) is 10.8. The smallest absolute Gasteiger partial charge is 0.261 e. The molecule has 0 saturated carbocycles. The molecule has 0 amide bonds. The van der Waals surface area contributed by atoms with Crippen molar-refractivity contribution in [3.05, 3.63) is 59.9 Å². The lowest BCUT2D eigenvalue weighted by Gasteiger charge is -2.08. The van der Waals surface area contributed by atoms with Crippen LogP contribution < -0.4 is 10.5 Å². The third-order valence-electron chi connectivity index (χ3n) is 2.55. The molecule has 0 spiro atoms. The van der Waals surface area contributed by atoms with Gasteiger partial charge in [0.2, 0.25) is 0 Å². The number of hydrogen-bond donors (Lipinski definition) is 2. The number of hydrogen-bond acceptors (Lipinski definition) is 3. The van der Waals surface area contributed by atoms with Crippen LogP contribution in [0.25, 0.3) is 0 Å². The van der Waals surface area contributed by atoms with Crippen LogP contribution in [-0.2, 0) is 16.6 Å². The maximum absolute atomic E-state index is 13.0. The van der Waals surface area contributed by atoms with Gasteiger partial charge in [0, 0.05) is 6.54 Å². The lowest BCUT2D eigenvalue weighted by atomic mass is 10.2. The molecule has 0 radical (unpaired) electrons. The molecule has 0 aliphatic rings. The van der Waals surface area contributed by atoms with E-state index in [1.807, 2.05) is 0 Å². The van der Waals surface area contributed by atoms with Crippen LogP contribution in [-0.4, -0.2) is 8.42 Å². The molecule has 19 heavy (non-hydrogen) atoms. The van der Waals surface area contributed by atoms with Crippen molar-refractivity contribution in [3.8, 4) is 0 Å². The summed E-state index contributed by atoms with van der Waals surface area (Å²) in [5.41, 5.74) is 6.46. The lowest BCUT2D eigenvalue weighted by Crippen LogP contribution is -2.13. The number of nitrogens with two attached hydrogens (primary N) is 1. The van der Waals surface area contributed by atoms with Crippen molar-refractivity contribution < 1.29 is 12.8 Å². The first kappa shape index (κ1) is 13.5. The summed E-state index contributed by atoms with van der Waals surface area (Å²) in [6.07, 6.45) is 0. The minimum Gasteiger partial charge on any atom is -0.326 e. The van der Waals surface area contributed by atoms with Gasteiger partial charge in [-0.1, -0.05) is 18.2 Å². The van der Waals surface area contributed by atoms with Gasteiger partial charge in [-0.3, -0.25) is 4.72 Å². The first-order valence-electron chi connectivity index (χ1n) is 5.59. The maximum Gasteiger partial charge on any atom is 0.261 e. The number of halogens is 1. The third-order valence-corrected chi connectivity index (χ3v) is 3.94. The number of nitrogens with one attached hydrogen (secondary N) is 1. The van der Waals surface area contributed by atoms with E-state index in [0.29, 0.717) is 6.54 Å². The Labute approximate surface area is 111 Å². The van der Waals surface area contributed by atoms with Gasteiger partial charge in [0.15, 0.2) is 0 Å². The molecule has 0 aromatic heterocycles. The minimum atomic E-state index is -3.71. The fraction of sp³-hybridized carbons (Fsp3) is 0.0769. The molecule has 0 saturated heterocycles. The summed E-state index contributed by atoms with van der Waals surface area (Å²) in [5.74, 6) is -0.501. The SMILES string of the molecule is NCc1ccc(S(=O)(=O)Nc2cccc(F)c2)cc1. The molecule has 0 bridgehead atoms. The van der Waals surface area contributed by atoms with Crippen molar-refractivity contribution in [2.45, 2.75) is 11.4 Å². The predicted molar refractivity (Wildman–Crippen MR) is 71.5 cm³/mol. The van der Waals surface area contributed by atoms with Crippen LogP contribution in [0.3, 0.4) is 0 Å². The quantitative estimate of drug-likeness (QED) is 0.900. The molecule has 0 aliphatic heterocycles. The largest absolute Gasteiger partial charge is 0.326 e. The third kappa shape index (κ3) is 3.30. The predicted octanol–water partition coefficient (Wildman–Crippen LogP) is 2.09. The maximum atomic E-state index is 13.0. The van der Waals surface area contributed by atoms with E-state index >= 15 is 0 Å². The summed E-state index contributed by atoms with van der Waals surface area (Å²) in [4.78, 5) is 0.106. The van der Waals surface area contributed by atoms with E-state index in [2.05, 4.69) is 4.72 Å². The van der Waals surface area contributed by atoms with Crippen molar-refractivity contribution in [1.29, 1.82) is 0 Å². The van der Waals surface area contributed by atoms with Gasteiger partial charge >= 0.3 is 0 Å². The molecule has 0 fully saturated rings. The second-order valence-corrected chi connectivity index (χ2v) is 5.65. The fourth-order valence-corrected chi connectivity index (χ4v) is 2.62. The summed E-state index contributed by atoms with van der Waals surface area (Å²) >= 11 is 0. The van der Waals surface area contributed by atoms with Crippen molar-refractivity contribution in [3.63, 3.8) is 0 Å². The highest BCUT2D eigenvalue weighted by Gasteiger charge is 2.14. The molecule has 2 aromatic rings. The van der Waals surface area contributed by atoms with Gasteiger partial charge in [-0.2, -0.15) is 0 Å². The Bertz CT molecular complexity index is 669. The average molecular weight is 280 g/mol. The normalized spacial score (nSPS) is 11.3. The Hall–Kier alpha value is -1.92. The van der Waals surface area contributed by atoms with E-state index in [1.54, 1.807) is 12.1 Å². The zero-order chi connectivity index (χ0) is 13.9. The van der Waals surface area contributed by atoms with Crippen molar-refractivity contribution in [2.75, 3.05) is 4.72 Å². The van der Waals surface area contributed by atoms with Crippen LogP contribution in [0.5, 0.6) is 0 Å². The van der Waals surface area contributed by atoms with E-state index in [-0.39, 0.29) is 10.6 Å². The summed E-state index contributed by atoms with van der Waals surface area (Å²) in [7, 11) is -3.71. The molecule has 6 heteroatoms. The monoisotopic (exact) mass is 280 g/mol. The Morgan fingerprint density at radius 1 is 1.11 bits per heavy atom. The Morgan fingerprint density at radius 2 is 1.79 bits per heavy atom. The van der Waals surface area contributed by atoms with Gasteiger partial charge in [0.05, 0.1) is 10.6 Å². The molecule has 100 valence electrons. The van der Waals surface area contributed by atoms with Crippen LogP contribution in [0.4, 0.5) is 10.1 Å². The molecule has 4 nitrogen and oxygen atoms in total. The van der Waals surface area contributed by atoms with Gasteiger partial charge in [-0.25, -0.2) is 12.8 Å². The summed E-state index contributed by atoms with van der Waals surface area (Å²) < 4.78 is 39.4. The highest BCUT2D eigenvalue weighted by molar-refractivity contribution is 7.92. The van der Waals surface area contributed by atoms with Gasteiger partial charge in [-0.15, -0.1) is 0 Å². The number of anilines is 1. The standard InChI is InChI=1S/C13H13FN2O2S/c14-11-2-1-3-12(8-11)16-19(17,18)13-6-4-10(9-15)5-7-13/h1-8,16H,9,15H2. The first-order valence-corrected chi connectivity index (χ1v) is 7.07. The van der Waals surface area contributed by atoms with Gasteiger partial charge in [0.25, 0.3) is 10.0 Å². The molecule has 2 rings (SSSR count). The van der Waals surface area contributed by atoms with Crippen LogP contribution in [0, 0.1) is 5.82 Å². The number of rotatable bonds is 4. The zero-order valence-electron chi connectivity index (χ0n) is 10.0. The van der Waals surface area contributed by atoms with E-state index in [1.165, 1.54) is 30.3 Å².